The van der Waals surface area contributed by atoms with Crippen LogP contribution >= 0.6 is 27.7 Å². The van der Waals surface area contributed by atoms with Gasteiger partial charge in [0.25, 0.3) is 0 Å². The zero-order valence-corrected chi connectivity index (χ0v) is 14.0. The molecule has 0 unspecified atom stereocenters. The molecule has 20 heavy (non-hydrogen) atoms. The summed E-state index contributed by atoms with van der Waals surface area (Å²) in [4.78, 5) is 12.8. The predicted octanol–water partition coefficient (Wildman–Crippen LogP) is 4.80. The number of halogens is 1. The Labute approximate surface area is 131 Å². The molecule has 0 saturated carbocycles. The van der Waals surface area contributed by atoms with Crippen molar-refractivity contribution in [2.45, 2.75) is 31.1 Å². The van der Waals surface area contributed by atoms with Crippen molar-refractivity contribution in [3.05, 3.63) is 28.4 Å². The predicted molar refractivity (Wildman–Crippen MR) is 85.3 cm³/mol. The van der Waals surface area contributed by atoms with E-state index in [1.807, 2.05) is 24.5 Å². The zero-order chi connectivity index (χ0) is 14.5. The summed E-state index contributed by atoms with van der Waals surface area (Å²) in [5, 5.41) is 1.03. The molecular formula is C15H17BrO3S. The van der Waals surface area contributed by atoms with Gasteiger partial charge in [-0.1, -0.05) is 29.3 Å². The summed E-state index contributed by atoms with van der Waals surface area (Å²) in [7, 11) is 0. The minimum atomic E-state index is -0.230. The lowest BCUT2D eigenvalue weighted by Gasteiger charge is -2.03. The van der Waals surface area contributed by atoms with E-state index < -0.39 is 0 Å². The summed E-state index contributed by atoms with van der Waals surface area (Å²) in [5.41, 5.74) is 0.800. The van der Waals surface area contributed by atoms with Gasteiger partial charge in [-0.25, -0.2) is 0 Å². The van der Waals surface area contributed by atoms with Crippen molar-refractivity contribution in [1.29, 1.82) is 0 Å². The van der Waals surface area contributed by atoms with Crippen molar-refractivity contribution in [3.63, 3.8) is 0 Å². The normalized spacial score (nSPS) is 10.9. The summed E-state index contributed by atoms with van der Waals surface area (Å²) >= 11 is 5.04. The highest BCUT2D eigenvalue weighted by molar-refractivity contribution is 9.10. The van der Waals surface area contributed by atoms with E-state index in [0.717, 1.165) is 33.2 Å². The number of carbonyl (C=O) groups is 1. The lowest BCUT2D eigenvalue weighted by Crippen LogP contribution is -2.08. The van der Waals surface area contributed by atoms with E-state index in [-0.39, 0.29) is 12.4 Å². The van der Waals surface area contributed by atoms with Crippen molar-refractivity contribution in [2.24, 2.45) is 0 Å². The van der Waals surface area contributed by atoms with Gasteiger partial charge in [0.15, 0.2) is 0 Å². The average molecular weight is 357 g/mol. The third-order valence-electron chi connectivity index (χ3n) is 2.94. The standard InChI is InChI=1S/C15H17BrO3S/c1-3-4-7-18-14(17)9-13-15(20-2)11-8-10(16)5-6-12(11)19-13/h5-6,8H,3-4,7,9H2,1-2H3. The van der Waals surface area contributed by atoms with E-state index in [0.29, 0.717) is 12.4 Å². The van der Waals surface area contributed by atoms with E-state index in [4.69, 9.17) is 9.15 Å². The Hall–Kier alpha value is -0.940. The highest BCUT2D eigenvalue weighted by Crippen LogP contribution is 2.35. The minimum Gasteiger partial charge on any atom is -0.465 e. The van der Waals surface area contributed by atoms with Crippen LogP contribution in [0.4, 0.5) is 0 Å². The molecule has 1 heterocycles. The molecule has 0 saturated heterocycles. The largest absolute Gasteiger partial charge is 0.465 e. The zero-order valence-electron chi connectivity index (χ0n) is 11.6. The van der Waals surface area contributed by atoms with E-state index >= 15 is 0 Å². The maximum absolute atomic E-state index is 11.8. The highest BCUT2D eigenvalue weighted by Gasteiger charge is 2.17. The van der Waals surface area contributed by atoms with Gasteiger partial charge in [0.2, 0.25) is 0 Å². The molecule has 5 heteroatoms. The molecule has 1 aromatic heterocycles. The van der Waals surface area contributed by atoms with E-state index in [9.17, 15) is 4.79 Å². The lowest BCUT2D eigenvalue weighted by atomic mass is 10.2. The fourth-order valence-corrected chi connectivity index (χ4v) is 3.03. The van der Waals surface area contributed by atoms with Crippen molar-refractivity contribution in [1.82, 2.24) is 0 Å². The van der Waals surface area contributed by atoms with E-state index in [1.54, 1.807) is 11.8 Å². The summed E-state index contributed by atoms with van der Waals surface area (Å²) < 4.78 is 12.0. The van der Waals surface area contributed by atoms with Crippen LogP contribution in [-0.4, -0.2) is 18.8 Å². The molecule has 1 aromatic carbocycles. The summed E-state index contributed by atoms with van der Waals surface area (Å²) in [6.07, 6.45) is 4.08. The Morgan fingerprint density at radius 3 is 2.95 bits per heavy atom. The second-order valence-electron chi connectivity index (χ2n) is 4.45. The molecule has 0 atom stereocenters. The molecule has 2 rings (SSSR count). The van der Waals surface area contributed by atoms with E-state index in [1.165, 1.54) is 0 Å². The Morgan fingerprint density at radius 1 is 1.45 bits per heavy atom. The van der Waals surface area contributed by atoms with Crippen molar-refractivity contribution >= 4 is 44.6 Å². The van der Waals surface area contributed by atoms with Crippen molar-refractivity contribution < 1.29 is 13.9 Å². The van der Waals surface area contributed by atoms with Crippen LogP contribution in [0.25, 0.3) is 11.0 Å². The second-order valence-corrected chi connectivity index (χ2v) is 6.18. The molecule has 0 radical (unpaired) electrons. The third kappa shape index (κ3) is 3.58. The SMILES string of the molecule is CCCCOC(=O)Cc1oc2ccc(Br)cc2c1SC. The molecular weight excluding hydrogens is 340 g/mol. The molecule has 0 spiro atoms. The highest BCUT2D eigenvalue weighted by atomic mass is 79.9. The van der Waals surface area contributed by atoms with Crippen molar-refractivity contribution in [3.8, 4) is 0 Å². The molecule has 0 aliphatic carbocycles. The summed E-state index contributed by atoms with van der Waals surface area (Å²) in [6, 6.07) is 5.85. The number of furan rings is 1. The van der Waals surface area contributed by atoms with Gasteiger partial charge in [0.1, 0.15) is 17.8 Å². The first kappa shape index (κ1) is 15.4. The third-order valence-corrected chi connectivity index (χ3v) is 4.29. The monoisotopic (exact) mass is 356 g/mol. The van der Waals surface area contributed by atoms with Crippen molar-refractivity contribution in [2.75, 3.05) is 12.9 Å². The van der Waals surface area contributed by atoms with Gasteiger partial charge >= 0.3 is 5.97 Å². The van der Waals surface area contributed by atoms with Crippen LogP contribution in [0.5, 0.6) is 0 Å². The molecule has 3 nitrogen and oxygen atoms in total. The fraction of sp³-hybridized carbons (Fsp3) is 0.400. The van der Waals surface area contributed by atoms with Gasteiger partial charge in [-0.15, -0.1) is 11.8 Å². The smallest absolute Gasteiger partial charge is 0.313 e. The number of unbranched alkanes of at least 4 members (excludes halogenated alkanes) is 1. The number of rotatable bonds is 6. The first-order valence-electron chi connectivity index (χ1n) is 6.56. The van der Waals surface area contributed by atoms with Crippen LogP contribution in [0.15, 0.2) is 32.0 Å². The van der Waals surface area contributed by atoms with Gasteiger partial charge in [-0.2, -0.15) is 0 Å². The number of carbonyl (C=O) groups excluding carboxylic acids is 1. The van der Waals surface area contributed by atoms with Crippen LogP contribution in [0, 0.1) is 0 Å². The van der Waals surface area contributed by atoms with Gasteiger partial charge in [-0.3, -0.25) is 4.79 Å². The number of fused-ring (bicyclic) bond motifs is 1. The Morgan fingerprint density at radius 2 is 2.25 bits per heavy atom. The Bertz CT molecular complexity index is 606. The first-order chi connectivity index (χ1) is 9.65. The number of esters is 1. The summed E-state index contributed by atoms with van der Waals surface area (Å²) in [6.45, 7) is 2.55. The lowest BCUT2D eigenvalue weighted by molar-refractivity contribution is -0.143. The molecule has 0 aliphatic rings. The maximum atomic E-state index is 11.8. The fourth-order valence-electron chi connectivity index (χ4n) is 1.95. The summed E-state index contributed by atoms with van der Waals surface area (Å²) in [5.74, 6) is 0.457. The Kier molecular flexibility index (Phi) is 5.54. The van der Waals surface area contributed by atoms with Gasteiger partial charge in [0, 0.05) is 9.86 Å². The van der Waals surface area contributed by atoms with Crippen LogP contribution in [-0.2, 0) is 16.0 Å². The number of hydrogen-bond donors (Lipinski definition) is 0. The van der Waals surface area contributed by atoms with Crippen LogP contribution < -0.4 is 0 Å². The van der Waals surface area contributed by atoms with Crippen LogP contribution in [0.3, 0.4) is 0 Å². The van der Waals surface area contributed by atoms with Gasteiger partial charge in [-0.05, 0) is 30.9 Å². The number of benzene rings is 1. The van der Waals surface area contributed by atoms with Crippen LogP contribution in [0.2, 0.25) is 0 Å². The maximum Gasteiger partial charge on any atom is 0.313 e. The van der Waals surface area contributed by atoms with Gasteiger partial charge in [0.05, 0.1) is 11.5 Å². The molecule has 0 aliphatic heterocycles. The number of thioether (sulfide) groups is 1. The number of hydrogen-bond acceptors (Lipinski definition) is 4. The topological polar surface area (TPSA) is 39.4 Å². The number of ether oxygens (including phenoxy) is 1. The van der Waals surface area contributed by atoms with Crippen LogP contribution in [0.1, 0.15) is 25.5 Å². The average Bonchev–Trinajstić information content (AvgIpc) is 2.75. The molecule has 2 aromatic rings. The molecule has 0 fully saturated rings. The molecule has 0 bridgehead atoms. The molecule has 0 amide bonds. The second kappa shape index (κ2) is 7.18. The van der Waals surface area contributed by atoms with E-state index in [2.05, 4.69) is 22.9 Å². The van der Waals surface area contributed by atoms with Gasteiger partial charge < -0.3 is 9.15 Å². The quantitative estimate of drug-likeness (QED) is 0.423. The Balaban J connectivity index is 2.19. The first-order valence-corrected chi connectivity index (χ1v) is 8.58. The molecule has 0 N–H and O–H groups in total. The minimum absolute atomic E-state index is 0.187. The molecule has 108 valence electrons.